The van der Waals surface area contributed by atoms with Crippen molar-refractivity contribution in [2.75, 3.05) is 0 Å². The molecule has 1 amide bonds. The van der Waals surface area contributed by atoms with E-state index in [9.17, 15) is 44.3 Å². The number of amides is 1. The molecule has 4 rings (SSSR count). The van der Waals surface area contributed by atoms with Gasteiger partial charge in [-0.05, 0) is 47.7 Å². The highest BCUT2D eigenvalue weighted by atomic mass is 19.4. The van der Waals surface area contributed by atoms with Crippen LogP contribution in [0.4, 0.5) is 39.5 Å². The highest BCUT2D eigenvalue weighted by molar-refractivity contribution is 6.02. The molecule has 0 spiro atoms. The number of hydrogen-bond acceptors (Lipinski definition) is 3. The zero-order valence-electron chi connectivity index (χ0n) is 18.1. The van der Waals surface area contributed by atoms with E-state index in [0.29, 0.717) is 36.1 Å². The number of benzene rings is 2. The Bertz CT molecular complexity index is 1200. The molecular weight excluding hydrogens is 507 g/mol. The van der Waals surface area contributed by atoms with Crippen LogP contribution >= 0.6 is 0 Å². The van der Waals surface area contributed by atoms with Gasteiger partial charge in [0.15, 0.2) is 0 Å². The monoisotopic (exact) mass is 524 g/mol. The first-order chi connectivity index (χ1) is 16.6. The van der Waals surface area contributed by atoms with Crippen LogP contribution in [0.15, 0.2) is 47.6 Å². The van der Waals surface area contributed by atoms with Crippen LogP contribution in [0.3, 0.4) is 0 Å². The molecule has 13 heteroatoms. The molecule has 194 valence electrons. The minimum Gasteiger partial charge on any atom is -0.374 e. The van der Waals surface area contributed by atoms with E-state index in [-0.39, 0.29) is 11.3 Å². The van der Waals surface area contributed by atoms with E-state index < -0.39 is 60.0 Å². The van der Waals surface area contributed by atoms with Crippen molar-refractivity contribution in [3.63, 3.8) is 0 Å². The van der Waals surface area contributed by atoms with Crippen LogP contribution < -0.4 is 5.32 Å². The van der Waals surface area contributed by atoms with Gasteiger partial charge in [-0.1, -0.05) is 29.4 Å². The summed E-state index contributed by atoms with van der Waals surface area (Å²) in [6, 6.07) is 6.42. The van der Waals surface area contributed by atoms with Crippen LogP contribution in [0.5, 0.6) is 0 Å². The Morgan fingerprint density at radius 2 is 1.75 bits per heavy atom. The van der Waals surface area contributed by atoms with Gasteiger partial charge in [0.1, 0.15) is 6.42 Å². The molecule has 1 aliphatic heterocycles. The second-order valence-electron chi connectivity index (χ2n) is 8.57. The summed E-state index contributed by atoms with van der Waals surface area (Å²) >= 11 is 0. The molecule has 4 nitrogen and oxygen atoms in total. The lowest BCUT2D eigenvalue weighted by atomic mass is 9.85. The third kappa shape index (κ3) is 5.00. The van der Waals surface area contributed by atoms with E-state index in [1.807, 2.05) is 0 Å². The number of alkyl halides is 9. The van der Waals surface area contributed by atoms with Crippen LogP contribution in [0, 0.1) is 0 Å². The Morgan fingerprint density at radius 1 is 1.03 bits per heavy atom. The average molecular weight is 524 g/mol. The lowest BCUT2D eigenvalue weighted by Gasteiger charge is -2.30. The van der Waals surface area contributed by atoms with Crippen molar-refractivity contribution in [1.82, 2.24) is 5.32 Å². The molecule has 2 aromatic rings. The first-order valence-corrected chi connectivity index (χ1v) is 10.6. The smallest absolute Gasteiger partial charge is 0.374 e. The number of rotatable bonds is 4. The Kier molecular flexibility index (Phi) is 6.24. The molecular formula is C23H17F9N2O2. The maximum atomic E-state index is 14.1. The highest BCUT2D eigenvalue weighted by Crippen LogP contribution is 2.49. The van der Waals surface area contributed by atoms with Crippen LogP contribution in [-0.4, -0.2) is 24.0 Å². The zero-order valence-corrected chi connectivity index (χ0v) is 18.1. The van der Waals surface area contributed by atoms with Crippen molar-refractivity contribution in [3.05, 3.63) is 70.3 Å². The van der Waals surface area contributed by atoms with Gasteiger partial charge < -0.3 is 10.2 Å². The summed E-state index contributed by atoms with van der Waals surface area (Å²) in [6.07, 6.45) is -16.5. The third-order valence-electron chi connectivity index (χ3n) is 6.09. The minimum atomic E-state index is -5.10. The summed E-state index contributed by atoms with van der Waals surface area (Å²) in [7, 11) is 0. The molecule has 0 bridgehead atoms. The zero-order chi connectivity index (χ0) is 26.5. The summed E-state index contributed by atoms with van der Waals surface area (Å²) < 4.78 is 119. The van der Waals surface area contributed by atoms with Gasteiger partial charge in [0.05, 0.1) is 17.3 Å². The third-order valence-corrected chi connectivity index (χ3v) is 6.09. The topological polar surface area (TPSA) is 50.7 Å². The van der Waals surface area contributed by atoms with Gasteiger partial charge in [-0.25, -0.2) is 0 Å². The van der Waals surface area contributed by atoms with Gasteiger partial charge >= 0.3 is 18.5 Å². The first-order valence-electron chi connectivity index (χ1n) is 10.6. The molecule has 0 radical (unpaired) electrons. The van der Waals surface area contributed by atoms with Crippen molar-refractivity contribution in [3.8, 4) is 0 Å². The largest absolute Gasteiger partial charge is 0.435 e. The molecule has 0 aromatic heterocycles. The SMILES string of the molecule is O=C(CC(F)(F)F)NC1CCc2cc(C3=NOC(c4cccc(C(F)(F)F)c4)(C(F)(F)F)C3)ccc21. The summed E-state index contributed by atoms with van der Waals surface area (Å²) in [6.45, 7) is 0. The van der Waals surface area contributed by atoms with Gasteiger partial charge in [-0.2, -0.15) is 39.5 Å². The number of nitrogens with one attached hydrogen (secondary N) is 1. The first kappa shape index (κ1) is 25.8. The molecule has 2 unspecified atom stereocenters. The molecule has 2 aromatic carbocycles. The number of fused-ring (bicyclic) bond motifs is 1. The second kappa shape index (κ2) is 8.70. The molecule has 2 aliphatic rings. The van der Waals surface area contributed by atoms with Crippen molar-refractivity contribution < 1.29 is 49.1 Å². The molecule has 0 fully saturated rings. The molecule has 36 heavy (non-hydrogen) atoms. The Morgan fingerprint density at radius 3 is 2.39 bits per heavy atom. The maximum absolute atomic E-state index is 14.1. The van der Waals surface area contributed by atoms with Crippen LogP contribution in [0.2, 0.25) is 0 Å². The maximum Gasteiger partial charge on any atom is 0.435 e. The summed E-state index contributed by atoms with van der Waals surface area (Å²) in [5.41, 5.74) is -3.97. The Labute approximate surface area is 198 Å². The van der Waals surface area contributed by atoms with Crippen molar-refractivity contribution in [2.24, 2.45) is 5.16 Å². The Hall–Kier alpha value is -3.25. The molecule has 0 saturated heterocycles. The predicted molar refractivity (Wildman–Crippen MR) is 108 cm³/mol. The van der Waals surface area contributed by atoms with E-state index in [4.69, 9.17) is 4.84 Å². The predicted octanol–water partition coefficient (Wildman–Crippen LogP) is 6.34. The van der Waals surface area contributed by atoms with Crippen molar-refractivity contribution >= 4 is 11.6 Å². The van der Waals surface area contributed by atoms with E-state index in [2.05, 4.69) is 10.5 Å². The fourth-order valence-electron chi connectivity index (χ4n) is 4.38. The number of halogens is 9. The lowest BCUT2D eigenvalue weighted by molar-refractivity contribution is -0.276. The number of carbonyl (C=O) groups excluding carboxylic acids is 1. The summed E-state index contributed by atoms with van der Waals surface area (Å²) in [5.74, 6) is -1.20. The van der Waals surface area contributed by atoms with Gasteiger partial charge in [0.2, 0.25) is 5.91 Å². The molecule has 2 atom stereocenters. The van der Waals surface area contributed by atoms with Crippen LogP contribution in [0.25, 0.3) is 0 Å². The van der Waals surface area contributed by atoms with Crippen LogP contribution in [-0.2, 0) is 27.8 Å². The number of carbonyl (C=O) groups is 1. The van der Waals surface area contributed by atoms with Gasteiger partial charge in [0, 0.05) is 12.0 Å². The normalized spacial score (nSPS) is 22.1. The van der Waals surface area contributed by atoms with E-state index in [1.54, 1.807) is 0 Å². The molecule has 1 heterocycles. The summed E-state index contributed by atoms with van der Waals surface area (Å²) in [4.78, 5) is 16.4. The average Bonchev–Trinajstić information content (AvgIpc) is 3.37. The minimum absolute atomic E-state index is 0.155. The number of oxime groups is 1. The van der Waals surface area contributed by atoms with Crippen molar-refractivity contribution in [1.29, 1.82) is 0 Å². The number of hydrogen-bond donors (Lipinski definition) is 1. The molecule has 1 aliphatic carbocycles. The molecule has 0 saturated carbocycles. The Balaban J connectivity index is 1.58. The van der Waals surface area contributed by atoms with Gasteiger partial charge in [-0.15, -0.1) is 0 Å². The number of nitrogens with zero attached hydrogens (tertiary/aromatic N) is 1. The van der Waals surface area contributed by atoms with Crippen molar-refractivity contribution in [2.45, 2.75) is 55.9 Å². The second-order valence-corrected chi connectivity index (χ2v) is 8.57. The highest BCUT2D eigenvalue weighted by Gasteiger charge is 2.62. The number of aryl methyl sites for hydroxylation is 1. The van der Waals surface area contributed by atoms with E-state index in [1.165, 1.54) is 18.2 Å². The van der Waals surface area contributed by atoms with E-state index >= 15 is 0 Å². The van der Waals surface area contributed by atoms with E-state index in [0.717, 1.165) is 12.1 Å². The van der Waals surface area contributed by atoms with Crippen LogP contribution in [0.1, 0.15) is 53.1 Å². The fourth-order valence-corrected chi connectivity index (χ4v) is 4.38. The lowest BCUT2D eigenvalue weighted by Crippen LogP contribution is -2.42. The fraction of sp³-hybridized carbons (Fsp3) is 0.391. The van der Waals surface area contributed by atoms with Gasteiger partial charge in [-0.3, -0.25) is 4.79 Å². The van der Waals surface area contributed by atoms with Gasteiger partial charge in [0.25, 0.3) is 5.60 Å². The molecule has 1 N–H and O–H groups in total. The standard InChI is InChI=1S/C23H17F9N2O2/c24-21(25,26)11-19(35)33-17-7-5-12-8-13(4-6-16(12)17)18-10-20(36-34-18,23(30,31)32)14-2-1-3-15(9-14)22(27,28)29/h1-4,6,8-9,17H,5,7,10-11H2,(H,33,35). The summed E-state index contributed by atoms with van der Waals surface area (Å²) in [5, 5.41) is 5.85. The quantitative estimate of drug-likeness (QED) is 0.475.